The Labute approximate surface area is 271 Å². The van der Waals surface area contributed by atoms with Crippen molar-refractivity contribution in [3.05, 3.63) is 48.0 Å². The van der Waals surface area contributed by atoms with E-state index < -0.39 is 30.1 Å². The van der Waals surface area contributed by atoms with Crippen molar-refractivity contribution in [2.75, 3.05) is 26.2 Å². The van der Waals surface area contributed by atoms with Gasteiger partial charge in [-0.3, -0.25) is 28.5 Å². The highest BCUT2D eigenvalue weighted by molar-refractivity contribution is 6.00. The molecule has 2 aromatic heterocycles. The van der Waals surface area contributed by atoms with Crippen LogP contribution in [-0.2, 0) is 32.8 Å². The Morgan fingerprint density at radius 2 is 1.66 bits per heavy atom. The number of halogens is 1. The number of carbonyl (C=O) groups is 4. The fraction of sp³-hybridized carbons (Fsp3) is 0.471. The maximum Gasteiger partial charge on any atom is 0.322 e. The van der Waals surface area contributed by atoms with Crippen LogP contribution in [0.1, 0.15) is 57.1 Å². The SMILES string of the molecule is CC1CCC(C(=O)N2CCC(c3nn(CC(=O)NCC(=O)NCC(=O)O)c4cccc(-c5cc6c(cnn6C)cc5F)c34)CC2)CC1. The maximum absolute atomic E-state index is 15.7. The second kappa shape index (κ2) is 13.5. The molecule has 47 heavy (non-hydrogen) atoms. The Bertz CT molecular complexity index is 1830. The van der Waals surface area contributed by atoms with Gasteiger partial charge in [0.1, 0.15) is 18.9 Å². The van der Waals surface area contributed by atoms with Crippen LogP contribution in [0.25, 0.3) is 32.9 Å². The van der Waals surface area contributed by atoms with Crippen molar-refractivity contribution >= 4 is 45.5 Å². The number of piperidine rings is 1. The number of fused-ring (bicyclic) bond motifs is 2. The molecule has 0 unspecified atom stereocenters. The average molecular weight is 646 g/mol. The Kier molecular flexibility index (Phi) is 9.24. The van der Waals surface area contributed by atoms with Crippen molar-refractivity contribution in [2.24, 2.45) is 18.9 Å². The van der Waals surface area contributed by atoms with E-state index in [4.69, 9.17) is 10.2 Å². The van der Waals surface area contributed by atoms with E-state index in [0.717, 1.165) is 42.3 Å². The zero-order chi connectivity index (χ0) is 33.2. The van der Waals surface area contributed by atoms with Crippen molar-refractivity contribution in [2.45, 2.75) is 57.9 Å². The summed E-state index contributed by atoms with van der Waals surface area (Å²) in [6.07, 6.45) is 7.04. The standard InChI is InChI=1S/C34H40FN7O5/c1-20-6-8-22(9-7-20)34(47)41-12-10-21(11-13-41)33-32-24(25-15-28-23(14-26(25)35)16-38-40(28)2)4-3-5-27(32)42(39-33)19-30(44)36-17-29(43)37-18-31(45)46/h3-5,14-16,20-22H,6-13,17-19H2,1-2H3,(H,36,44)(H,37,43)(H,45,46). The molecule has 3 N–H and O–H groups in total. The molecule has 1 saturated heterocycles. The first-order valence-electron chi connectivity index (χ1n) is 16.2. The van der Waals surface area contributed by atoms with Gasteiger partial charge in [-0.05, 0) is 68.2 Å². The minimum absolute atomic E-state index is 0.0244. The molecule has 6 rings (SSSR count). The summed E-state index contributed by atoms with van der Waals surface area (Å²) in [7, 11) is 1.80. The third kappa shape index (κ3) is 6.84. The van der Waals surface area contributed by atoms with E-state index in [0.29, 0.717) is 53.9 Å². The number of hydrogen-bond donors (Lipinski definition) is 3. The number of likely N-dealkylation sites (tertiary alicyclic amines) is 1. The molecular formula is C34H40FN7O5. The third-order valence-corrected chi connectivity index (χ3v) is 9.67. The van der Waals surface area contributed by atoms with Gasteiger partial charge in [0.05, 0.1) is 29.5 Å². The summed E-state index contributed by atoms with van der Waals surface area (Å²) in [5.74, 6) is -1.73. The second-order valence-electron chi connectivity index (χ2n) is 12.9. The predicted molar refractivity (Wildman–Crippen MR) is 173 cm³/mol. The first-order valence-corrected chi connectivity index (χ1v) is 16.2. The van der Waals surface area contributed by atoms with E-state index >= 15 is 4.39 Å². The number of carboxylic acid groups (broad SMARTS) is 1. The van der Waals surface area contributed by atoms with Gasteiger partial charge in [0.25, 0.3) is 0 Å². The molecule has 1 saturated carbocycles. The fourth-order valence-corrected chi connectivity index (χ4v) is 7.01. The molecule has 2 aliphatic rings. The fourth-order valence-electron chi connectivity index (χ4n) is 7.01. The lowest BCUT2D eigenvalue weighted by Gasteiger charge is -2.35. The van der Waals surface area contributed by atoms with Gasteiger partial charge in [0, 0.05) is 48.3 Å². The summed E-state index contributed by atoms with van der Waals surface area (Å²) >= 11 is 0. The van der Waals surface area contributed by atoms with Crippen LogP contribution in [0.4, 0.5) is 4.39 Å². The van der Waals surface area contributed by atoms with Crippen LogP contribution in [-0.4, -0.2) is 79.4 Å². The number of hydrogen-bond acceptors (Lipinski definition) is 6. The Balaban J connectivity index is 1.30. The van der Waals surface area contributed by atoms with Gasteiger partial charge < -0.3 is 20.6 Å². The van der Waals surface area contributed by atoms with Crippen molar-refractivity contribution in [1.29, 1.82) is 0 Å². The number of carbonyl (C=O) groups excluding carboxylic acids is 3. The summed E-state index contributed by atoms with van der Waals surface area (Å²) in [4.78, 5) is 51.0. The zero-order valence-electron chi connectivity index (χ0n) is 26.7. The normalized spacial score (nSPS) is 18.8. The molecule has 0 bridgehead atoms. The van der Waals surface area contributed by atoms with Crippen LogP contribution in [0, 0.1) is 17.7 Å². The Morgan fingerprint density at radius 1 is 0.936 bits per heavy atom. The summed E-state index contributed by atoms with van der Waals surface area (Å²) in [5.41, 5.74) is 3.20. The number of carboxylic acids is 1. The number of nitrogens with zero attached hydrogens (tertiary/aromatic N) is 5. The minimum Gasteiger partial charge on any atom is -0.480 e. The summed E-state index contributed by atoms with van der Waals surface area (Å²) in [5, 5.41) is 24.1. The number of aryl methyl sites for hydroxylation is 1. The van der Waals surface area contributed by atoms with Gasteiger partial charge in [-0.15, -0.1) is 0 Å². The van der Waals surface area contributed by atoms with Crippen LogP contribution in [0.15, 0.2) is 36.5 Å². The van der Waals surface area contributed by atoms with Crippen LogP contribution in [0.3, 0.4) is 0 Å². The Hall–Kier alpha value is -4.81. The smallest absolute Gasteiger partial charge is 0.322 e. The molecule has 248 valence electrons. The van der Waals surface area contributed by atoms with Gasteiger partial charge in [0.2, 0.25) is 17.7 Å². The molecule has 2 fully saturated rings. The van der Waals surface area contributed by atoms with Gasteiger partial charge in [-0.25, -0.2) is 4.39 Å². The van der Waals surface area contributed by atoms with E-state index in [9.17, 15) is 19.2 Å². The molecule has 3 heterocycles. The number of nitrogens with one attached hydrogen (secondary N) is 2. The number of benzene rings is 2. The molecule has 0 spiro atoms. The van der Waals surface area contributed by atoms with Crippen molar-refractivity contribution in [1.82, 2.24) is 35.1 Å². The van der Waals surface area contributed by atoms with Gasteiger partial charge in [0.15, 0.2) is 0 Å². The molecule has 0 radical (unpaired) electrons. The van der Waals surface area contributed by atoms with Gasteiger partial charge in [-0.2, -0.15) is 10.2 Å². The first-order chi connectivity index (χ1) is 22.6. The number of amides is 3. The summed E-state index contributed by atoms with van der Waals surface area (Å²) in [6, 6.07) is 8.75. The summed E-state index contributed by atoms with van der Waals surface area (Å²) in [6.45, 7) is 2.32. The molecule has 2 aromatic carbocycles. The Morgan fingerprint density at radius 3 is 2.38 bits per heavy atom. The molecule has 13 heteroatoms. The quantitative estimate of drug-likeness (QED) is 0.252. The van der Waals surface area contributed by atoms with Gasteiger partial charge >= 0.3 is 5.97 Å². The molecule has 0 atom stereocenters. The average Bonchev–Trinajstić information content (AvgIpc) is 3.62. The van der Waals surface area contributed by atoms with E-state index in [1.165, 1.54) is 6.07 Å². The minimum atomic E-state index is -1.19. The highest BCUT2D eigenvalue weighted by Gasteiger charge is 2.33. The predicted octanol–water partition coefficient (Wildman–Crippen LogP) is 3.58. The lowest BCUT2D eigenvalue weighted by Crippen LogP contribution is -2.42. The number of aliphatic carboxylic acids is 1. The molecule has 12 nitrogen and oxygen atoms in total. The van der Waals surface area contributed by atoms with Crippen LogP contribution in [0.2, 0.25) is 0 Å². The monoisotopic (exact) mass is 645 g/mol. The lowest BCUT2D eigenvalue weighted by atomic mass is 9.81. The third-order valence-electron chi connectivity index (χ3n) is 9.67. The number of rotatable bonds is 9. The topological polar surface area (TPSA) is 151 Å². The molecule has 4 aromatic rings. The van der Waals surface area contributed by atoms with Crippen LogP contribution >= 0.6 is 0 Å². The highest BCUT2D eigenvalue weighted by atomic mass is 19.1. The van der Waals surface area contributed by atoms with Crippen molar-refractivity contribution < 1.29 is 28.7 Å². The molecular weight excluding hydrogens is 605 g/mol. The first kappa shape index (κ1) is 32.1. The number of aromatic nitrogens is 4. The lowest BCUT2D eigenvalue weighted by molar-refractivity contribution is -0.138. The van der Waals surface area contributed by atoms with Crippen molar-refractivity contribution in [3.63, 3.8) is 0 Å². The molecule has 1 aliphatic heterocycles. The molecule has 1 aliphatic carbocycles. The molecule has 3 amide bonds. The van der Waals surface area contributed by atoms with E-state index in [2.05, 4.69) is 22.7 Å². The second-order valence-corrected chi connectivity index (χ2v) is 12.9. The van der Waals surface area contributed by atoms with E-state index in [-0.39, 0.29) is 30.8 Å². The van der Waals surface area contributed by atoms with Crippen LogP contribution < -0.4 is 10.6 Å². The summed E-state index contributed by atoms with van der Waals surface area (Å²) < 4.78 is 19.0. The van der Waals surface area contributed by atoms with Gasteiger partial charge in [-0.1, -0.05) is 19.1 Å². The largest absolute Gasteiger partial charge is 0.480 e. The maximum atomic E-state index is 15.7. The highest BCUT2D eigenvalue weighted by Crippen LogP contribution is 2.40. The van der Waals surface area contributed by atoms with E-state index in [1.54, 1.807) is 34.7 Å². The van der Waals surface area contributed by atoms with E-state index in [1.807, 2.05) is 17.0 Å². The zero-order valence-corrected chi connectivity index (χ0v) is 26.7. The van der Waals surface area contributed by atoms with Crippen molar-refractivity contribution in [3.8, 4) is 11.1 Å². The van der Waals surface area contributed by atoms with Crippen LogP contribution in [0.5, 0.6) is 0 Å².